The Hall–Kier alpha value is 0.0800. The van der Waals surface area contributed by atoms with Gasteiger partial charge in [-0.2, -0.15) is 0 Å². The Balaban J connectivity index is 2.41. The molecule has 1 aliphatic heterocycles. The van der Waals surface area contributed by atoms with Crippen molar-refractivity contribution in [1.82, 2.24) is 0 Å². The van der Waals surface area contributed by atoms with Crippen LogP contribution in [-0.2, 0) is 42.6 Å². The number of hydrogen-bond acceptors (Lipinski definition) is 10. The summed E-state index contributed by atoms with van der Waals surface area (Å²) < 4.78 is 50.2. The van der Waals surface area contributed by atoms with Crippen molar-refractivity contribution in [1.29, 1.82) is 0 Å². The Labute approximate surface area is 193 Å². The number of halogens is 1. The van der Waals surface area contributed by atoms with Gasteiger partial charge in [-0.15, -0.1) is 0 Å². The first-order chi connectivity index (χ1) is 15.3. The normalized spacial score (nSPS) is 22.3. The molecule has 1 saturated heterocycles. The third-order valence-electron chi connectivity index (χ3n) is 4.08. The molecule has 0 spiro atoms. The van der Waals surface area contributed by atoms with Crippen LogP contribution in [-0.4, -0.2) is 135 Å². The van der Waals surface area contributed by atoms with E-state index in [0.717, 1.165) is 0 Å². The van der Waals surface area contributed by atoms with Gasteiger partial charge >= 0.3 is 0 Å². The minimum Gasteiger partial charge on any atom is -0.394 e. The fourth-order valence-electron chi connectivity index (χ4n) is 2.46. The summed E-state index contributed by atoms with van der Waals surface area (Å²) in [7, 11) is 0. The number of hydrogen-bond donors (Lipinski definition) is 1. The maximum Gasteiger partial charge on any atom is 0.124 e. The van der Waals surface area contributed by atoms with Crippen molar-refractivity contribution in [3.63, 3.8) is 0 Å². The predicted octanol–water partition coefficient (Wildman–Crippen LogP) is 0.275. The molecule has 186 valence electrons. The SMILES string of the molecule is OCCOCCOC1(CBr)COCCOCCOCCOCCOCCOCCOC1. The lowest BCUT2D eigenvalue weighted by Crippen LogP contribution is -2.46. The highest BCUT2D eigenvalue weighted by Gasteiger charge is 2.31. The second kappa shape index (κ2) is 21.9. The summed E-state index contributed by atoms with van der Waals surface area (Å²) in [6, 6.07) is 0. The molecule has 10 nitrogen and oxygen atoms in total. The molecule has 0 aromatic rings. The van der Waals surface area contributed by atoms with E-state index in [4.69, 9.17) is 47.7 Å². The van der Waals surface area contributed by atoms with Gasteiger partial charge in [-0.05, 0) is 0 Å². The van der Waals surface area contributed by atoms with Crippen LogP contribution in [0.5, 0.6) is 0 Å². The van der Waals surface area contributed by atoms with Gasteiger partial charge < -0.3 is 47.7 Å². The van der Waals surface area contributed by atoms with Gasteiger partial charge in [0.1, 0.15) is 5.60 Å². The predicted molar refractivity (Wildman–Crippen MR) is 116 cm³/mol. The summed E-state index contributed by atoms with van der Waals surface area (Å²) in [5.74, 6) is 0. The van der Waals surface area contributed by atoms with Crippen LogP contribution >= 0.6 is 15.9 Å². The standard InChI is InChI=1S/C20H39BrO10/c21-17-20(31-16-15-23-2-1-22)18-29-13-11-27-9-7-25-5-3-24-4-6-26-8-10-28-12-14-30-19-20/h22H,1-19H2. The van der Waals surface area contributed by atoms with Crippen molar-refractivity contribution in [2.24, 2.45) is 0 Å². The Morgan fingerprint density at radius 3 is 1.32 bits per heavy atom. The minimum absolute atomic E-state index is 0.0142. The van der Waals surface area contributed by atoms with E-state index < -0.39 is 5.60 Å². The fourth-order valence-corrected chi connectivity index (χ4v) is 2.94. The van der Waals surface area contributed by atoms with Crippen LogP contribution in [0.4, 0.5) is 0 Å². The smallest absolute Gasteiger partial charge is 0.124 e. The largest absolute Gasteiger partial charge is 0.394 e. The van der Waals surface area contributed by atoms with Gasteiger partial charge in [-0.3, -0.25) is 0 Å². The molecule has 11 heteroatoms. The quantitative estimate of drug-likeness (QED) is 0.373. The minimum atomic E-state index is -0.661. The van der Waals surface area contributed by atoms with Crippen LogP contribution in [0.25, 0.3) is 0 Å². The zero-order valence-corrected chi connectivity index (χ0v) is 20.0. The van der Waals surface area contributed by atoms with Crippen LogP contribution in [0.1, 0.15) is 0 Å². The Bertz CT molecular complexity index is 356. The monoisotopic (exact) mass is 518 g/mol. The van der Waals surface area contributed by atoms with Crippen molar-refractivity contribution >= 4 is 15.9 Å². The maximum absolute atomic E-state index is 8.80. The molecule has 1 fully saturated rings. The number of aliphatic hydroxyl groups excluding tert-OH is 1. The lowest BCUT2D eigenvalue weighted by atomic mass is 10.1. The first-order valence-corrected chi connectivity index (χ1v) is 11.9. The Kier molecular flexibility index (Phi) is 20.6. The molecule has 0 bridgehead atoms. The highest BCUT2D eigenvalue weighted by Crippen LogP contribution is 2.17. The van der Waals surface area contributed by atoms with Crippen LogP contribution in [0.3, 0.4) is 0 Å². The van der Waals surface area contributed by atoms with Gasteiger partial charge in [0.05, 0.1) is 119 Å². The van der Waals surface area contributed by atoms with Crippen LogP contribution < -0.4 is 0 Å². The van der Waals surface area contributed by atoms with Gasteiger partial charge in [0, 0.05) is 5.33 Å². The van der Waals surface area contributed by atoms with E-state index in [0.29, 0.717) is 111 Å². The number of rotatable bonds is 7. The lowest BCUT2D eigenvalue weighted by molar-refractivity contribution is -0.138. The summed E-state index contributed by atoms with van der Waals surface area (Å²) in [6.45, 7) is 7.60. The van der Waals surface area contributed by atoms with E-state index in [-0.39, 0.29) is 13.2 Å². The molecule has 1 rings (SSSR count). The van der Waals surface area contributed by atoms with Crippen molar-refractivity contribution in [3.05, 3.63) is 0 Å². The molecular formula is C20H39BrO10. The molecule has 0 atom stereocenters. The molecule has 0 aliphatic carbocycles. The third kappa shape index (κ3) is 17.3. The Morgan fingerprint density at radius 1 is 0.581 bits per heavy atom. The summed E-state index contributed by atoms with van der Waals surface area (Å²) in [5, 5.41) is 9.33. The van der Waals surface area contributed by atoms with E-state index in [1.54, 1.807) is 0 Å². The van der Waals surface area contributed by atoms with E-state index in [2.05, 4.69) is 15.9 Å². The second-order valence-electron chi connectivity index (χ2n) is 6.67. The van der Waals surface area contributed by atoms with E-state index >= 15 is 0 Å². The molecule has 0 radical (unpaired) electrons. The van der Waals surface area contributed by atoms with Gasteiger partial charge in [-0.25, -0.2) is 0 Å². The second-order valence-corrected chi connectivity index (χ2v) is 7.23. The molecule has 0 amide bonds. The average Bonchev–Trinajstić information content (AvgIpc) is 2.78. The zero-order valence-electron chi connectivity index (χ0n) is 18.4. The van der Waals surface area contributed by atoms with Gasteiger partial charge in [0.25, 0.3) is 0 Å². The highest BCUT2D eigenvalue weighted by molar-refractivity contribution is 9.09. The van der Waals surface area contributed by atoms with Crippen LogP contribution in [0.15, 0.2) is 0 Å². The average molecular weight is 519 g/mol. The topological polar surface area (TPSA) is 103 Å². The summed E-state index contributed by atoms with van der Waals surface area (Å²) >= 11 is 3.52. The van der Waals surface area contributed by atoms with Gasteiger partial charge in [-0.1, -0.05) is 15.9 Å². The number of aliphatic hydroxyl groups is 1. The van der Waals surface area contributed by atoms with E-state index in [1.807, 2.05) is 0 Å². The van der Waals surface area contributed by atoms with Gasteiger partial charge in [0.15, 0.2) is 0 Å². The number of alkyl halides is 1. The van der Waals surface area contributed by atoms with Crippen molar-refractivity contribution in [2.45, 2.75) is 5.60 Å². The van der Waals surface area contributed by atoms with Crippen LogP contribution in [0.2, 0.25) is 0 Å². The lowest BCUT2D eigenvalue weighted by Gasteiger charge is -2.32. The molecule has 1 N–H and O–H groups in total. The van der Waals surface area contributed by atoms with E-state index in [1.165, 1.54) is 0 Å². The van der Waals surface area contributed by atoms with Gasteiger partial charge in [0.2, 0.25) is 0 Å². The molecule has 1 aliphatic rings. The molecule has 0 unspecified atom stereocenters. The fraction of sp³-hybridized carbons (Fsp3) is 1.00. The van der Waals surface area contributed by atoms with Crippen LogP contribution in [0, 0.1) is 0 Å². The van der Waals surface area contributed by atoms with Crippen molar-refractivity contribution in [2.75, 3.05) is 124 Å². The first kappa shape index (κ1) is 29.1. The summed E-state index contributed by atoms with van der Waals surface area (Å²) in [5.41, 5.74) is -0.661. The molecule has 0 aromatic carbocycles. The molecular weight excluding hydrogens is 480 g/mol. The molecule has 31 heavy (non-hydrogen) atoms. The molecule has 0 saturated carbocycles. The Morgan fingerprint density at radius 2 is 0.968 bits per heavy atom. The molecule has 0 aromatic heterocycles. The first-order valence-electron chi connectivity index (χ1n) is 10.8. The highest BCUT2D eigenvalue weighted by atomic mass is 79.9. The zero-order chi connectivity index (χ0) is 22.3. The van der Waals surface area contributed by atoms with Crippen molar-refractivity contribution in [3.8, 4) is 0 Å². The van der Waals surface area contributed by atoms with E-state index in [9.17, 15) is 0 Å². The number of ether oxygens (including phenoxy) is 9. The maximum atomic E-state index is 8.80. The summed E-state index contributed by atoms with van der Waals surface area (Å²) in [6.07, 6.45) is 0. The summed E-state index contributed by atoms with van der Waals surface area (Å²) in [4.78, 5) is 0. The van der Waals surface area contributed by atoms with Crippen molar-refractivity contribution < 1.29 is 47.7 Å². The molecule has 1 heterocycles. The third-order valence-corrected chi connectivity index (χ3v) is 5.10.